The normalized spacial score (nSPS) is 20.4. The SMILES string of the molecule is O=C(O)CC[C@H]1CN(S(=O)(=O)c2cccc(C(F)(F)F)c2)c2cc(C=C3CCC(O)CC3)ccc2O1. The standard InChI is InChI=1S/C25H26F3NO6S/c26-25(27,28)18-2-1-3-21(14-18)36(33,34)29-15-20(9-11-24(31)32)35-23-10-6-17(13-22(23)29)12-16-4-7-19(30)8-5-16/h1-3,6,10,12-14,19-20,30H,4-5,7-9,11,15H2,(H,31,32)/t19?,20-/m0/s1. The first-order valence-corrected chi connectivity index (χ1v) is 13.0. The second kappa shape index (κ2) is 10.1. The molecule has 11 heteroatoms. The third-order valence-electron chi connectivity index (χ3n) is 6.31. The summed E-state index contributed by atoms with van der Waals surface area (Å²) in [6.07, 6.45) is -1.47. The van der Waals surface area contributed by atoms with E-state index in [4.69, 9.17) is 9.84 Å². The van der Waals surface area contributed by atoms with Crippen molar-refractivity contribution in [3.63, 3.8) is 0 Å². The van der Waals surface area contributed by atoms with Crippen LogP contribution in [0.4, 0.5) is 18.9 Å². The van der Waals surface area contributed by atoms with E-state index in [1.807, 2.05) is 6.08 Å². The Bertz CT molecular complexity index is 1260. The lowest BCUT2D eigenvalue weighted by Crippen LogP contribution is -2.43. The molecule has 7 nitrogen and oxygen atoms in total. The number of carboxylic acid groups (broad SMARTS) is 1. The molecule has 4 rings (SSSR count). The molecule has 0 radical (unpaired) electrons. The fourth-order valence-corrected chi connectivity index (χ4v) is 5.94. The molecule has 1 atom stereocenters. The van der Waals surface area contributed by atoms with Crippen molar-refractivity contribution >= 4 is 27.8 Å². The van der Waals surface area contributed by atoms with Gasteiger partial charge in [-0.1, -0.05) is 23.8 Å². The highest BCUT2D eigenvalue weighted by Gasteiger charge is 2.37. The van der Waals surface area contributed by atoms with E-state index in [9.17, 15) is 31.5 Å². The van der Waals surface area contributed by atoms with Gasteiger partial charge < -0.3 is 14.9 Å². The summed E-state index contributed by atoms with van der Waals surface area (Å²) in [5.74, 6) is -0.871. The van der Waals surface area contributed by atoms with Crippen LogP contribution in [0.2, 0.25) is 0 Å². The molecule has 1 heterocycles. The number of rotatable bonds is 6. The Hall–Kier alpha value is -3.05. The van der Waals surface area contributed by atoms with E-state index in [1.54, 1.807) is 18.2 Å². The number of halogens is 3. The molecule has 2 N–H and O–H groups in total. The van der Waals surface area contributed by atoms with Gasteiger partial charge in [-0.2, -0.15) is 13.2 Å². The predicted molar refractivity (Wildman–Crippen MR) is 126 cm³/mol. The maximum Gasteiger partial charge on any atom is 0.416 e. The molecule has 1 saturated carbocycles. The number of alkyl halides is 3. The van der Waals surface area contributed by atoms with Crippen molar-refractivity contribution in [3.05, 3.63) is 59.2 Å². The molecule has 2 aliphatic rings. The van der Waals surface area contributed by atoms with Crippen LogP contribution in [0.25, 0.3) is 6.08 Å². The summed E-state index contributed by atoms with van der Waals surface area (Å²) in [7, 11) is -4.43. The number of aliphatic hydroxyl groups excluding tert-OH is 1. The van der Waals surface area contributed by atoms with Crippen LogP contribution in [-0.2, 0) is 21.0 Å². The topological polar surface area (TPSA) is 104 Å². The van der Waals surface area contributed by atoms with Crippen molar-refractivity contribution in [2.45, 2.75) is 61.8 Å². The van der Waals surface area contributed by atoms with Crippen LogP contribution in [0, 0.1) is 0 Å². The van der Waals surface area contributed by atoms with Gasteiger partial charge in [0.25, 0.3) is 10.0 Å². The number of hydrogen-bond acceptors (Lipinski definition) is 5. The Morgan fingerprint density at radius 2 is 1.86 bits per heavy atom. The zero-order valence-corrected chi connectivity index (χ0v) is 20.1. The molecular formula is C25H26F3NO6S. The van der Waals surface area contributed by atoms with Gasteiger partial charge in [0.2, 0.25) is 0 Å². The molecule has 0 bridgehead atoms. The molecule has 0 amide bonds. The van der Waals surface area contributed by atoms with Crippen LogP contribution in [0.15, 0.2) is 52.9 Å². The highest BCUT2D eigenvalue weighted by atomic mass is 32.2. The minimum Gasteiger partial charge on any atom is -0.486 e. The maximum absolute atomic E-state index is 13.6. The van der Waals surface area contributed by atoms with E-state index in [-0.39, 0.29) is 36.9 Å². The minimum atomic E-state index is -4.72. The number of sulfonamides is 1. The second-order valence-corrected chi connectivity index (χ2v) is 10.9. The Morgan fingerprint density at radius 1 is 1.14 bits per heavy atom. The molecule has 0 saturated heterocycles. The number of carboxylic acids is 1. The number of ether oxygens (including phenoxy) is 1. The number of nitrogens with zero attached hydrogens (tertiary/aromatic N) is 1. The second-order valence-electron chi connectivity index (χ2n) is 8.99. The average Bonchev–Trinajstić information content (AvgIpc) is 2.83. The fourth-order valence-electron chi connectivity index (χ4n) is 4.39. The summed E-state index contributed by atoms with van der Waals surface area (Å²) >= 11 is 0. The third-order valence-corrected chi connectivity index (χ3v) is 8.09. The first-order valence-electron chi connectivity index (χ1n) is 11.5. The molecule has 194 valence electrons. The molecule has 0 spiro atoms. The molecule has 1 aliphatic heterocycles. The van der Waals surface area contributed by atoms with Gasteiger partial charge in [0.05, 0.1) is 28.8 Å². The molecular weight excluding hydrogens is 499 g/mol. The first-order chi connectivity index (χ1) is 16.9. The monoisotopic (exact) mass is 525 g/mol. The van der Waals surface area contributed by atoms with E-state index in [0.717, 1.165) is 28.1 Å². The van der Waals surface area contributed by atoms with E-state index < -0.39 is 38.7 Å². The highest BCUT2D eigenvalue weighted by Crippen LogP contribution is 2.40. The number of hydrogen-bond donors (Lipinski definition) is 2. The van der Waals surface area contributed by atoms with Crippen LogP contribution in [0.3, 0.4) is 0 Å². The van der Waals surface area contributed by atoms with E-state index in [2.05, 4.69) is 0 Å². The van der Waals surface area contributed by atoms with Crippen molar-refractivity contribution in [2.75, 3.05) is 10.8 Å². The molecule has 2 aromatic carbocycles. The Kier molecular flexibility index (Phi) is 7.33. The van der Waals surface area contributed by atoms with Crippen molar-refractivity contribution in [2.24, 2.45) is 0 Å². The largest absolute Gasteiger partial charge is 0.486 e. The fraction of sp³-hybridized carbons (Fsp3) is 0.400. The van der Waals surface area contributed by atoms with Gasteiger partial charge >= 0.3 is 12.1 Å². The van der Waals surface area contributed by atoms with E-state index in [0.29, 0.717) is 37.3 Å². The van der Waals surface area contributed by atoms with Gasteiger partial charge in [-0.15, -0.1) is 0 Å². The van der Waals surface area contributed by atoms with Crippen molar-refractivity contribution < 1.29 is 41.3 Å². The molecule has 0 unspecified atom stereocenters. The number of aliphatic hydroxyl groups is 1. The minimum absolute atomic E-state index is 0.0253. The number of fused-ring (bicyclic) bond motifs is 1. The Labute approximate surface area is 206 Å². The number of aliphatic carboxylic acids is 1. The van der Waals surface area contributed by atoms with E-state index in [1.165, 1.54) is 0 Å². The Morgan fingerprint density at radius 3 is 2.53 bits per heavy atom. The summed E-state index contributed by atoms with van der Waals surface area (Å²) in [6.45, 7) is -0.245. The summed E-state index contributed by atoms with van der Waals surface area (Å²) in [5.41, 5.74) is 0.877. The average molecular weight is 526 g/mol. The summed E-state index contributed by atoms with van der Waals surface area (Å²) in [6, 6.07) is 8.46. The molecule has 1 fully saturated rings. The predicted octanol–water partition coefficient (Wildman–Crippen LogP) is 4.84. The number of anilines is 1. The smallest absolute Gasteiger partial charge is 0.416 e. The molecule has 0 aromatic heterocycles. The number of benzene rings is 2. The lowest BCUT2D eigenvalue weighted by atomic mass is 9.91. The lowest BCUT2D eigenvalue weighted by Gasteiger charge is -2.35. The Balaban J connectivity index is 1.74. The number of carbonyl (C=O) groups is 1. The summed E-state index contributed by atoms with van der Waals surface area (Å²) < 4.78 is 73.9. The van der Waals surface area contributed by atoms with Crippen LogP contribution in [0.5, 0.6) is 5.75 Å². The van der Waals surface area contributed by atoms with Gasteiger partial charge in [0.15, 0.2) is 0 Å². The maximum atomic E-state index is 13.6. The van der Waals surface area contributed by atoms with Gasteiger partial charge in [-0.25, -0.2) is 8.42 Å². The zero-order valence-electron chi connectivity index (χ0n) is 19.2. The van der Waals surface area contributed by atoms with Crippen LogP contribution >= 0.6 is 0 Å². The van der Waals surface area contributed by atoms with Gasteiger partial charge in [-0.3, -0.25) is 9.10 Å². The van der Waals surface area contributed by atoms with Gasteiger partial charge in [0.1, 0.15) is 11.9 Å². The van der Waals surface area contributed by atoms with Crippen LogP contribution in [-0.4, -0.2) is 43.4 Å². The van der Waals surface area contributed by atoms with Crippen LogP contribution < -0.4 is 9.04 Å². The molecule has 1 aliphatic carbocycles. The van der Waals surface area contributed by atoms with Crippen molar-refractivity contribution in [1.29, 1.82) is 0 Å². The quantitative estimate of drug-likeness (QED) is 0.559. The zero-order chi connectivity index (χ0) is 26.1. The number of allylic oxidation sites excluding steroid dienone is 1. The van der Waals surface area contributed by atoms with Crippen molar-refractivity contribution in [3.8, 4) is 5.75 Å². The van der Waals surface area contributed by atoms with Crippen LogP contribution in [0.1, 0.15) is 49.7 Å². The summed E-state index contributed by atoms with van der Waals surface area (Å²) in [4.78, 5) is 10.5. The lowest BCUT2D eigenvalue weighted by molar-refractivity contribution is -0.138. The van der Waals surface area contributed by atoms with Gasteiger partial charge in [-0.05, 0) is 68.0 Å². The highest BCUT2D eigenvalue weighted by molar-refractivity contribution is 7.92. The third kappa shape index (κ3) is 5.84. The molecule has 2 aromatic rings. The summed E-state index contributed by atoms with van der Waals surface area (Å²) in [5, 5.41) is 18.8. The molecule has 36 heavy (non-hydrogen) atoms. The van der Waals surface area contributed by atoms with Gasteiger partial charge in [0, 0.05) is 6.42 Å². The van der Waals surface area contributed by atoms with Crippen molar-refractivity contribution in [1.82, 2.24) is 0 Å². The van der Waals surface area contributed by atoms with E-state index >= 15 is 0 Å². The first kappa shape index (κ1) is 26.0.